The standard InChI is InChI=1S/C12H24N2O3/c1-8(5-11(16)17)7-14-10(15)6-9(13)12(2,3)4/h8-9H,5-7,13H2,1-4H3,(H,14,15)(H,16,17). The highest BCUT2D eigenvalue weighted by atomic mass is 16.4. The molecule has 0 fully saturated rings. The fourth-order valence-corrected chi connectivity index (χ4v) is 1.24. The van der Waals surface area contributed by atoms with Crippen LogP contribution < -0.4 is 11.1 Å². The lowest BCUT2D eigenvalue weighted by Crippen LogP contribution is -2.41. The molecule has 2 atom stereocenters. The molecule has 1 amide bonds. The molecule has 5 heteroatoms. The first-order valence-corrected chi connectivity index (χ1v) is 5.87. The number of carbonyl (C=O) groups excluding carboxylic acids is 1. The predicted octanol–water partition coefficient (Wildman–Crippen LogP) is 0.977. The maximum atomic E-state index is 11.6. The SMILES string of the molecule is CC(CNC(=O)CC(N)C(C)(C)C)CC(=O)O. The molecule has 0 saturated carbocycles. The van der Waals surface area contributed by atoms with Crippen molar-refractivity contribution >= 4 is 11.9 Å². The van der Waals surface area contributed by atoms with Gasteiger partial charge in [0.05, 0.1) is 0 Å². The smallest absolute Gasteiger partial charge is 0.303 e. The summed E-state index contributed by atoms with van der Waals surface area (Å²) in [5.74, 6) is -1.04. The van der Waals surface area contributed by atoms with Crippen molar-refractivity contribution in [2.24, 2.45) is 17.1 Å². The van der Waals surface area contributed by atoms with Gasteiger partial charge in [0.1, 0.15) is 0 Å². The minimum atomic E-state index is -0.849. The molecular weight excluding hydrogens is 220 g/mol. The number of aliphatic carboxylic acids is 1. The average molecular weight is 244 g/mol. The number of nitrogens with one attached hydrogen (secondary N) is 1. The van der Waals surface area contributed by atoms with E-state index in [1.54, 1.807) is 6.92 Å². The topological polar surface area (TPSA) is 92.4 Å². The minimum Gasteiger partial charge on any atom is -0.481 e. The van der Waals surface area contributed by atoms with Crippen molar-refractivity contribution in [3.63, 3.8) is 0 Å². The van der Waals surface area contributed by atoms with Gasteiger partial charge in [-0.2, -0.15) is 0 Å². The van der Waals surface area contributed by atoms with Crippen molar-refractivity contribution in [1.82, 2.24) is 5.32 Å². The Morgan fingerprint density at radius 3 is 2.24 bits per heavy atom. The second-order valence-corrected chi connectivity index (χ2v) is 5.68. The Morgan fingerprint density at radius 2 is 1.82 bits per heavy atom. The lowest BCUT2D eigenvalue weighted by atomic mass is 9.85. The molecule has 0 bridgehead atoms. The lowest BCUT2D eigenvalue weighted by molar-refractivity contribution is -0.138. The van der Waals surface area contributed by atoms with Crippen LogP contribution in [0.3, 0.4) is 0 Å². The van der Waals surface area contributed by atoms with E-state index in [0.717, 1.165) is 0 Å². The van der Waals surface area contributed by atoms with Gasteiger partial charge in [-0.3, -0.25) is 9.59 Å². The molecule has 0 aliphatic carbocycles. The Kier molecular flexibility index (Phi) is 6.16. The summed E-state index contributed by atoms with van der Waals surface area (Å²) in [4.78, 5) is 22.0. The third-order valence-electron chi connectivity index (χ3n) is 2.69. The number of hydrogen-bond acceptors (Lipinski definition) is 3. The second kappa shape index (κ2) is 6.59. The van der Waals surface area contributed by atoms with Gasteiger partial charge in [-0.05, 0) is 11.3 Å². The maximum Gasteiger partial charge on any atom is 0.303 e. The van der Waals surface area contributed by atoms with Crippen LogP contribution in [0.15, 0.2) is 0 Å². The molecule has 0 radical (unpaired) electrons. The Bertz CT molecular complexity index is 271. The van der Waals surface area contributed by atoms with Gasteiger partial charge in [-0.25, -0.2) is 0 Å². The molecule has 5 nitrogen and oxygen atoms in total. The summed E-state index contributed by atoms with van der Waals surface area (Å²) in [5.41, 5.74) is 5.78. The van der Waals surface area contributed by atoms with Gasteiger partial charge in [0.15, 0.2) is 0 Å². The third-order valence-corrected chi connectivity index (χ3v) is 2.69. The van der Waals surface area contributed by atoms with Crippen LogP contribution in [0.1, 0.15) is 40.5 Å². The Hall–Kier alpha value is -1.10. The summed E-state index contributed by atoms with van der Waals surface area (Å²) in [7, 11) is 0. The minimum absolute atomic E-state index is 0.0611. The Labute approximate surface area is 103 Å². The number of rotatable bonds is 6. The molecular formula is C12H24N2O3. The zero-order valence-electron chi connectivity index (χ0n) is 11.1. The largest absolute Gasteiger partial charge is 0.481 e. The highest BCUT2D eigenvalue weighted by Gasteiger charge is 2.23. The maximum absolute atomic E-state index is 11.6. The summed E-state index contributed by atoms with van der Waals surface area (Å²) in [6.07, 6.45) is 0.328. The molecule has 100 valence electrons. The predicted molar refractivity (Wildman–Crippen MR) is 66.5 cm³/mol. The number of hydrogen-bond donors (Lipinski definition) is 3. The number of nitrogens with two attached hydrogens (primary N) is 1. The van der Waals surface area contributed by atoms with Crippen LogP contribution in [0, 0.1) is 11.3 Å². The van der Waals surface area contributed by atoms with Gasteiger partial charge in [-0.1, -0.05) is 27.7 Å². The van der Waals surface area contributed by atoms with Crippen LogP contribution >= 0.6 is 0 Å². The van der Waals surface area contributed by atoms with Gasteiger partial charge in [0, 0.05) is 25.4 Å². The van der Waals surface area contributed by atoms with Crippen LogP contribution in [0.4, 0.5) is 0 Å². The molecule has 0 saturated heterocycles. The molecule has 0 rings (SSSR count). The van der Waals surface area contributed by atoms with E-state index in [0.29, 0.717) is 6.54 Å². The van der Waals surface area contributed by atoms with Crippen molar-refractivity contribution in [1.29, 1.82) is 0 Å². The van der Waals surface area contributed by atoms with Crippen molar-refractivity contribution in [2.45, 2.75) is 46.6 Å². The van der Waals surface area contributed by atoms with Gasteiger partial charge < -0.3 is 16.2 Å². The summed E-state index contributed by atoms with van der Waals surface area (Å²) >= 11 is 0. The Balaban J connectivity index is 3.92. The van der Waals surface area contributed by atoms with E-state index in [-0.39, 0.29) is 36.1 Å². The lowest BCUT2D eigenvalue weighted by Gasteiger charge is -2.26. The van der Waals surface area contributed by atoms with Crippen LogP contribution in [-0.4, -0.2) is 29.6 Å². The van der Waals surface area contributed by atoms with E-state index in [2.05, 4.69) is 5.32 Å². The van der Waals surface area contributed by atoms with Crippen LogP contribution in [0.2, 0.25) is 0 Å². The van der Waals surface area contributed by atoms with Crippen molar-refractivity contribution in [2.75, 3.05) is 6.54 Å². The van der Waals surface area contributed by atoms with E-state index >= 15 is 0 Å². The molecule has 0 heterocycles. The summed E-state index contributed by atoms with van der Waals surface area (Å²) in [5, 5.41) is 11.3. The quantitative estimate of drug-likeness (QED) is 0.649. The summed E-state index contributed by atoms with van der Waals surface area (Å²) in [6.45, 7) is 8.12. The van der Waals surface area contributed by atoms with E-state index in [1.807, 2.05) is 20.8 Å². The van der Waals surface area contributed by atoms with Crippen molar-refractivity contribution in [3.8, 4) is 0 Å². The first-order chi connectivity index (χ1) is 7.62. The Morgan fingerprint density at radius 1 is 1.29 bits per heavy atom. The van der Waals surface area contributed by atoms with E-state index in [9.17, 15) is 9.59 Å². The highest BCUT2D eigenvalue weighted by molar-refractivity contribution is 5.76. The number of carboxylic acid groups (broad SMARTS) is 1. The van der Waals surface area contributed by atoms with E-state index in [1.165, 1.54) is 0 Å². The van der Waals surface area contributed by atoms with Crippen molar-refractivity contribution < 1.29 is 14.7 Å². The van der Waals surface area contributed by atoms with Crippen LogP contribution in [0.25, 0.3) is 0 Å². The molecule has 2 unspecified atom stereocenters. The number of carbonyl (C=O) groups is 2. The van der Waals surface area contributed by atoms with Crippen molar-refractivity contribution in [3.05, 3.63) is 0 Å². The second-order valence-electron chi connectivity index (χ2n) is 5.68. The molecule has 0 aromatic heterocycles. The normalized spacial score (nSPS) is 15.1. The fourth-order valence-electron chi connectivity index (χ4n) is 1.24. The molecule has 17 heavy (non-hydrogen) atoms. The first kappa shape index (κ1) is 15.9. The van der Waals surface area contributed by atoms with Crippen LogP contribution in [0.5, 0.6) is 0 Å². The third kappa shape index (κ3) is 7.74. The first-order valence-electron chi connectivity index (χ1n) is 5.87. The number of amides is 1. The molecule has 0 aliphatic heterocycles. The van der Waals surface area contributed by atoms with Crippen LogP contribution in [-0.2, 0) is 9.59 Å². The van der Waals surface area contributed by atoms with E-state index in [4.69, 9.17) is 10.8 Å². The zero-order valence-corrected chi connectivity index (χ0v) is 11.1. The molecule has 0 aliphatic rings. The van der Waals surface area contributed by atoms with Gasteiger partial charge in [0.25, 0.3) is 0 Å². The summed E-state index contributed by atoms with van der Waals surface area (Å²) in [6, 6.07) is -0.197. The highest BCUT2D eigenvalue weighted by Crippen LogP contribution is 2.19. The monoisotopic (exact) mass is 244 g/mol. The van der Waals surface area contributed by atoms with Gasteiger partial charge in [-0.15, -0.1) is 0 Å². The molecule has 0 spiro atoms. The molecule has 4 N–H and O–H groups in total. The van der Waals surface area contributed by atoms with E-state index < -0.39 is 5.97 Å². The number of carboxylic acids is 1. The van der Waals surface area contributed by atoms with Gasteiger partial charge >= 0.3 is 5.97 Å². The average Bonchev–Trinajstić information content (AvgIpc) is 2.12. The molecule has 0 aromatic rings. The fraction of sp³-hybridized carbons (Fsp3) is 0.833. The van der Waals surface area contributed by atoms with Gasteiger partial charge in [0.2, 0.25) is 5.91 Å². The summed E-state index contributed by atoms with van der Waals surface area (Å²) < 4.78 is 0. The molecule has 0 aromatic carbocycles. The zero-order chi connectivity index (χ0) is 13.6.